The second-order valence-corrected chi connectivity index (χ2v) is 19.4. The number of benzene rings is 3. The summed E-state index contributed by atoms with van der Waals surface area (Å²) < 4.78 is 3.00. The van der Waals surface area contributed by atoms with Crippen LogP contribution in [-0.4, -0.2) is 40.9 Å². The predicted octanol–water partition coefficient (Wildman–Crippen LogP) is 9.62. The molecule has 3 aromatic carbocycles. The summed E-state index contributed by atoms with van der Waals surface area (Å²) in [4.78, 5) is 111. The largest absolute Gasteiger partial charge is 0.341 e. The zero-order valence-corrected chi connectivity index (χ0v) is 45.7. The molecule has 17 nitrogen and oxygen atoms in total. The zero-order chi connectivity index (χ0) is 55.5. The second-order valence-electron chi connectivity index (χ2n) is 19.4. The number of H-pyrrole nitrogens is 4. The minimum absolute atomic E-state index is 0.0142. The van der Waals surface area contributed by atoms with Gasteiger partial charge in [0, 0.05) is 32.6 Å². The zero-order valence-electron chi connectivity index (χ0n) is 45.7. The normalized spacial score (nSPS) is 11.2. The highest BCUT2D eigenvalue weighted by Crippen LogP contribution is 2.33. The molecule has 74 heavy (non-hydrogen) atoms. The summed E-state index contributed by atoms with van der Waals surface area (Å²) >= 11 is 0. The van der Waals surface area contributed by atoms with Crippen molar-refractivity contribution < 1.29 is 9.59 Å². The molecule has 0 bridgehead atoms. The number of aromatic nitrogens is 6. The summed E-state index contributed by atoms with van der Waals surface area (Å²) in [5.74, 6) is 0.230. The highest BCUT2D eigenvalue weighted by Gasteiger charge is 2.27. The van der Waals surface area contributed by atoms with Crippen LogP contribution in [0.4, 0.5) is 34.5 Å². The lowest BCUT2D eigenvalue weighted by Gasteiger charge is -2.28. The van der Waals surface area contributed by atoms with E-state index in [-0.39, 0.29) is 47.5 Å². The molecule has 2 amide bonds. The molecule has 17 heteroatoms. The monoisotopic (exact) mass is 1010 g/mol. The van der Waals surface area contributed by atoms with Crippen LogP contribution in [0.5, 0.6) is 0 Å². The van der Waals surface area contributed by atoms with Crippen molar-refractivity contribution in [2.75, 3.05) is 15.1 Å². The molecule has 0 fully saturated rings. The van der Waals surface area contributed by atoms with Gasteiger partial charge in [-0.3, -0.25) is 62.8 Å². The number of aromatic amines is 4. The molecule has 5 N–H and O–H groups in total. The molecular weight excluding hydrogens is 939 g/mol. The van der Waals surface area contributed by atoms with Crippen molar-refractivity contribution in [1.82, 2.24) is 29.1 Å². The van der Waals surface area contributed by atoms with Gasteiger partial charge in [0.1, 0.15) is 17.5 Å². The number of carbonyl (C=O) groups is 2. The molecule has 6 rings (SSSR count). The van der Waals surface area contributed by atoms with E-state index in [1.807, 2.05) is 170 Å². The maximum absolute atomic E-state index is 12.7. The Morgan fingerprint density at radius 2 is 0.892 bits per heavy atom. The van der Waals surface area contributed by atoms with Crippen LogP contribution in [0.3, 0.4) is 0 Å². The minimum atomic E-state index is -0.634. The molecule has 394 valence electrons. The third-order valence-electron chi connectivity index (χ3n) is 11.7. The third-order valence-corrected chi connectivity index (χ3v) is 11.7. The number of allylic oxidation sites excluding steroid dienone is 4. The molecule has 3 aromatic heterocycles. The number of nitrogens with one attached hydrogen (secondary N) is 5. The average molecular weight is 1010 g/mol. The fourth-order valence-electron chi connectivity index (χ4n) is 8.82. The first-order valence-electron chi connectivity index (χ1n) is 24.7. The third kappa shape index (κ3) is 14.5. The summed E-state index contributed by atoms with van der Waals surface area (Å²) in [6.45, 7) is 30.4. The number of amides is 2. The van der Waals surface area contributed by atoms with Crippen LogP contribution in [0.1, 0.15) is 137 Å². The fraction of sp³-hybridized carbons (Fsp3) is 0.368. The van der Waals surface area contributed by atoms with Gasteiger partial charge in [-0.15, -0.1) is 0 Å². The van der Waals surface area contributed by atoms with Crippen molar-refractivity contribution in [1.29, 1.82) is 0 Å². The fourth-order valence-corrected chi connectivity index (χ4v) is 8.82. The SMILES string of the molecule is C/C=C/Cn1c(N(C(C)=O)c2cc(C)cc(C)c2)c(C(C)C)c(=O)[nH]c1=O.C/C=C/Cn1c(Nc2cc(C)cc(C)c2)c(C(C)C)c(=O)[nH]c1=O.CC(=O)N(c1cc(C)cc(C)c1)c1[nH]c(=O)[nH]c(=O)c1C(C)C. The van der Waals surface area contributed by atoms with Gasteiger partial charge in [-0.25, -0.2) is 14.4 Å². The lowest BCUT2D eigenvalue weighted by molar-refractivity contribution is -0.116. The van der Waals surface area contributed by atoms with Crippen LogP contribution in [0.25, 0.3) is 0 Å². The van der Waals surface area contributed by atoms with Crippen molar-refractivity contribution in [3.8, 4) is 0 Å². The van der Waals surface area contributed by atoms with Gasteiger partial charge in [-0.05, 0) is 143 Å². The number of hydrogen-bond acceptors (Lipinski definition) is 9. The molecular formula is C57H73N9O8. The summed E-state index contributed by atoms with van der Waals surface area (Å²) in [5.41, 5.74) is 6.86. The van der Waals surface area contributed by atoms with E-state index in [0.717, 1.165) is 39.1 Å². The quantitative estimate of drug-likeness (QED) is 0.0693. The molecule has 0 radical (unpaired) electrons. The van der Waals surface area contributed by atoms with E-state index in [2.05, 4.69) is 31.3 Å². The predicted molar refractivity (Wildman–Crippen MR) is 299 cm³/mol. The number of hydrogen-bond donors (Lipinski definition) is 5. The molecule has 0 aliphatic carbocycles. The van der Waals surface area contributed by atoms with Gasteiger partial charge >= 0.3 is 17.1 Å². The standard InChI is InChI=1S/C21H27N3O3.C19H25N3O2.C17H21N3O3/c1-7-8-9-23-20(18(13(2)3)19(26)22-21(23)27)24(16(6)25)17-11-14(4)10-15(5)12-17;1-6-7-8-22-17(16(12(2)3)18(23)21-19(22)24)20-15-10-13(4)9-14(5)11-15;1-9(2)14-15(18-17(23)19-16(14)22)20(12(5)21)13-7-10(3)6-11(4)8-13/h7-8,10-13H,9H2,1-6H3,(H,22,26,27);6-7,9-12,20H,8H2,1-5H3,(H,21,23,24);6-9H,1-5H3,(H2,18,19,22,23)/b8-7+;7-6+;. The number of nitrogens with zero attached hydrogens (tertiary/aromatic N) is 4. The lowest BCUT2D eigenvalue weighted by atomic mass is 10.0. The van der Waals surface area contributed by atoms with E-state index in [9.17, 15) is 38.4 Å². The van der Waals surface area contributed by atoms with Gasteiger partial charge in [0.2, 0.25) is 11.8 Å². The molecule has 0 aliphatic heterocycles. The molecule has 0 unspecified atom stereocenters. The Morgan fingerprint density at radius 1 is 0.514 bits per heavy atom. The maximum Gasteiger partial charge on any atom is 0.330 e. The van der Waals surface area contributed by atoms with E-state index in [1.165, 1.54) is 28.2 Å². The summed E-state index contributed by atoms with van der Waals surface area (Å²) in [6.07, 6.45) is 7.40. The molecule has 0 saturated carbocycles. The van der Waals surface area contributed by atoms with Crippen LogP contribution in [0.15, 0.2) is 108 Å². The van der Waals surface area contributed by atoms with Gasteiger partial charge in [-0.2, -0.15) is 0 Å². The van der Waals surface area contributed by atoms with Crippen LogP contribution < -0.4 is 48.9 Å². The highest BCUT2D eigenvalue weighted by atomic mass is 16.2. The van der Waals surface area contributed by atoms with Crippen LogP contribution >= 0.6 is 0 Å². The maximum atomic E-state index is 12.7. The molecule has 6 aromatic rings. The Morgan fingerprint density at radius 3 is 1.31 bits per heavy atom. The van der Waals surface area contributed by atoms with Crippen molar-refractivity contribution in [3.05, 3.63) is 191 Å². The van der Waals surface area contributed by atoms with E-state index >= 15 is 0 Å². The van der Waals surface area contributed by atoms with Gasteiger partial charge in [0.15, 0.2) is 0 Å². The Labute approximate surface area is 431 Å². The van der Waals surface area contributed by atoms with Crippen LogP contribution in [-0.2, 0) is 22.7 Å². The van der Waals surface area contributed by atoms with Gasteiger partial charge < -0.3 is 5.32 Å². The topological polar surface area (TPSA) is 228 Å². The van der Waals surface area contributed by atoms with E-state index in [1.54, 1.807) is 4.57 Å². The van der Waals surface area contributed by atoms with Crippen LogP contribution in [0.2, 0.25) is 0 Å². The summed E-state index contributed by atoms with van der Waals surface area (Å²) in [7, 11) is 0. The molecule has 0 aliphatic rings. The Hall–Kier alpha value is -8.08. The van der Waals surface area contributed by atoms with Gasteiger partial charge in [0.05, 0.1) is 28.1 Å². The van der Waals surface area contributed by atoms with E-state index in [0.29, 0.717) is 46.2 Å². The van der Waals surface area contributed by atoms with E-state index in [4.69, 9.17) is 0 Å². The number of carbonyl (C=O) groups excluding carboxylic acids is 2. The number of anilines is 6. The molecule has 0 spiro atoms. The average Bonchev–Trinajstić information content (AvgIpc) is 3.24. The van der Waals surface area contributed by atoms with Crippen molar-refractivity contribution in [3.63, 3.8) is 0 Å². The van der Waals surface area contributed by atoms with Gasteiger partial charge in [0.25, 0.3) is 16.7 Å². The number of aryl methyl sites for hydroxylation is 6. The highest BCUT2D eigenvalue weighted by molar-refractivity contribution is 6.00. The van der Waals surface area contributed by atoms with Crippen molar-refractivity contribution >= 4 is 46.3 Å². The van der Waals surface area contributed by atoms with Gasteiger partial charge in [-0.1, -0.05) is 84.0 Å². The first-order chi connectivity index (χ1) is 34.7. The number of rotatable bonds is 13. The van der Waals surface area contributed by atoms with Crippen molar-refractivity contribution in [2.24, 2.45) is 0 Å². The minimum Gasteiger partial charge on any atom is -0.341 e. The Kier molecular flexibility index (Phi) is 20.2. The first kappa shape index (κ1) is 58.5. The Balaban J connectivity index is 0.000000241. The Bertz CT molecular complexity index is 3390. The summed E-state index contributed by atoms with van der Waals surface area (Å²) in [6, 6.07) is 17.5. The molecule has 0 atom stereocenters. The first-order valence-corrected chi connectivity index (χ1v) is 24.7. The summed E-state index contributed by atoms with van der Waals surface area (Å²) in [5, 5.41) is 3.30. The molecule has 3 heterocycles. The lowest BCUT2D eigenvalue weighted by Crippen LogP contribution is -2.39. The second kappa shape index (κ2) is 25.5. The van der Waals surface area contributed by atoms with Crippen molar-refractivity contribution in [2.45, 2.75) is 142 Å². The van der Waals surface area contributed by atoms with Crippen LogP contribution in [0, 0.1) is 41.5 Å². The molecule has 0 saturated heterocycles. The smallest absolute Gasteiger partial charge is 0.330 e. The van der Waals surface area contributed by atoms with E-state index < -0.39 is 28.2 Å².